The van der Waals surface area contributed by atoms with Crippen LogP contribution in [0.25, 0.3) is 0 Å². The molecular weight excluding hydrogens is 164 g/mol. The largest absolute Gasteiger partial charge is 0.303 e. The summed E-state index contributed by atoms with van der Waals surface area (Å²) in [6.07, 6.45) is 4.06. The highest BCUT2D eigenvalue weighted by Crippen LogP contribution is 2.48. The Hall–Kier alpha value is 0.370. The van der Waals surface area contributed by atoms with Crippen LogP contribution in [0.3, 0.4) is 0 Å². The monoisotopic (exact) mass is 176 g/mol. The van der Waals surface area contributed by atoms with E-state index >= 15 is 0 Å². The van der Waals surface area contributed by atoms with Gasteiger partial charge in [-0.1, -0.05) is 21.6 Å². The molecule has 0 aromatic rings. The molecule has 0 radical (unpaired) electrons. The first-order chi connectivity index (χ1) is 4.77. The lowest BCUT2D eigenvalue weighted by Gasteiger charge is -2.19. The first-order valence-electron chi connectivity index (χ1n) is 3.51. The topological polar surface area (TPSA) is 17.1 Å². The number of aldehydes is 1. The molecule has 3 heteroatoms. The highest BCUT2D eigenvalue weighted by molar-refractivity contribution is 8.77. The highest BCUT2D eigenvalue weighted by atomic mass is 33.1. The van der Waals surface area contributed by atoms with E-state index in [-0.39, 0.29) is 0 Å². The third-order valence-corrected chi connectivity index (χ3v) is 5.13. The van der Waals surface area contributed by atoms with Crippen molar-refractivity contribution in [2.45, 2.75) is 30.9 Å². The first kappa shape index (κ1) is 8.47. The van der Waals surface area contributed by atoms with E-state index in [9.17, 15) is 4.79 Å². The smallest absolute Gasteiger partial charge is 0.120 e. The van der Waals surface area contributed by atoms with Crippen LogP contribution in [-0.2, 0) is 4.79 Å². The molecule has 0 amide bonds. The molecule has 0 spiro atoms. The molecule has 1 aliphatic rings. The maximum atomic E-state index is 10.1. The molecule has 1 unspecified atom stereocenters. The normalized spacial score (nSPS) is 32.5. The summed E-state index contributed by atoms with van der Waals surface area (Å²) in [6.45, 7) is 2.25. The third-order valence-electron chi connectivity index (χ3n) is 1.77. The number of hydrogen-bond acceptors (Lipinski definition) is 3. The van der Waals surface area contributed by atoms with Gasteiger partial charge in [-0.05, 0) is 19.8 Å². The van der Waals surface area contributed by atoms with Gasteiger partial charge in [-0.25, -0.2) is 0 Å². The Bertz CT molecular complexity index is 119. The predicted molar refractivity (Wildman–Crippen MR) is 48.4 cm³/mol. The fourth-order valence-electron chi connectivity index (χ4n) is 1.01. The van der Waals surface area contributed by atoms with Crippen LogP contribution in [0.1, 0.15) is 26.2 Å². The standard InChI is InChI=1S/C7H12OS2/c1-7(3-2-5-8)4-6-9-10-7/h5H,2-4,6H2,1H3. The minimum absolute atomic E-state index is 0.394. The van der Waals surface area contributed by atoms with Crippen molar-refractivity contribution in [2.75, 3.05) is 5.75 Å². The summed E-state index contributed by atoms with van der Waals surface area (Å²) in [5.41, 5.74) is 0. The molecule has 1 rings (SSSR count). The lowest BCUT2D eigenvalue weighted by molar-refractivity contribution is -0.108. The summed E-state index contributed by atoms with van der Waals surface area (Å²) < 4.78 is 0.394. The summed E-state index contributed by atoms with van der Waals surface area (Å²) in [6, 6.07) is 0. The average molecular weight is 176 g/mol. The number of carbonyl (C=O) groups excluding carboxylic acids is 1. The molecule has 0 N–H and O–H groups in total. The van der Waals surface area contributed by atoms with Crippen molar-refractivity contribution in [3.63, 3.8) is 0 Å². The quantitative estimate of drug-likeness (QED) is 0.486. The molecular formula is C7H12OS2. The van der Waals surface area contributed by atoms with Crippen LogP contribution in [0.5, 0.6) is 0 Å². The minimum Gasteiger partial charge on any atom is -0.303 e. The lowest BCUT2D eigenvalue weighted by atomic mass is 10.0. The average Bonchev–Trinajstić information content (AvgIpc) is 2.33. The van der Waals surface area contributed by atoms with E-state index in [4.69, 9.17) is 0 Å². The van der Waals surface area contributed by atoms with Gasteiger partial charge in [0.05, 0.1) is 0 Å². The van der Waals surface area contributed by atoms with Gasteiger partial charge in [-0.15, -0.1) is 0 Å². The van der Waals surface area contributed by atoms with E-state index in [0.29, 0.717) is 4.75 Å². The van der Waals surface area contributed by atoms with Crippen molar-refractivity contribution in [1.82, 2.24) is 0 Å². The molecule has 0 aliphatic carbocycles. The fourth-order valence-corrected chi connectivity index (χ4v) is 4.29. The molecule has 58 valence electrons. The minimum atomic E-state index is 0.394. The number of rotatable bonds is 3. The van der Waals surface area contributed by atoms with E-state index in [1.807, 2.05) is 21.6 Å². The zero-order chi connectivity index (χ0) is 7.45. The molecule has 1 heterocycles. The molecule has 1 nitrogen and oxygen atoms in total. The Morgan fingerprint density at radius 2 is 2.50 bits per heavy atom. The molecule has 1 aliphatic heterocycles. The SMILES string of the molecule is CC1(CCC=O)CCSS1. The number of hydrogen-bond donors (Lipinski definition) is 0. The zero-order valence-electron chi connectivity index (χ0n) is 6.13. The molecule has 0 aromatic carbocycles. The van der Waals surface area contributed by atoms with Crippen LogP contribution in [0.15, 0.2) is 0 Å². The van der Waals surface area contributed by atoms with Crippen LogP contribution < -0.4 is 0 Å². The summed E-state index contributed by atoms with van der Waals surface area (Å²) in [7, 11) is 3.87. The van der Waals surface area contributed by atoms with Gasteiger partial charge in [0.25, 0.3) is 0 Å². The van der Waals surface area contributed by atoms with Gasteiger partial charge in [0.15, 0.2) is 0 Å². The highest BCUT2D eigenvalue weighted by Gasteiger charge is 2.29. The van der Waals surface area contributed by atoms with Crippen LogP contribution >= 0.6 is 21.6 Å². The second kappa shape index (κ2) is 3.67. The molecule has 0 bridgehead atoms. The molecule has 0 aromatic heterocycles. The van der Waals surface area contributed by atoms with Crippen molar-refractivity contribution >= 4 is 27.9 Å². The van der Waals surface area contributed by atoms with Gasteiger partial charge in [0, 0.05) is 16.9 Å². The summed E-state index contributed by atoms with van der Waals surface area (Å²) >= 11 is 0. The van der Waals surface area contributed by atoms with Crippen molar-refractivity contribution in [3.05, 3.63) is 0 Å². The summed E-state index contributed by atoms with van der Waals surface area (Å²) in [5, 5.41) is 0. The Kier molecular flexibility index (Phi) is 3.11. The van der Waals surface area contributed by atoms with Crippen molar-refractivity contribution in [1.29, 1.82) is 0 Å². The van der Waals surface area contributed by atoms with Crippen LogP contribution in [0.2, 0.25) is 0 Å². The molecule has 1 fully saturated rings. The van der Waals surface area contributed by atoms with Gasteiger partial charge >= 0.3 is 0 Å². The second-order valence-electron chi connectivity index (χ2n) is 2.81. The first-order valence-corrected chi connectivity index (χ1v) is 5.83. The van der Waals surface area contributed by atoms with E-state index in [0.717, 1.165) is 19.1 Å². The second-order valence-corrected chi connectivity index (χ2v) is 5.81. The zero-order valence-corrected chi connectivity index (χ0v) is 7.76. The Morgan fingerprint density at radius 1 is 1.70 bits per heavy atom. The number of carbonyl (C=O) groups is 1. The van der Waals surface area contributed by atoms with Gasteiger partial charge in [-0.2, -0.15) is 0 Å². The predicted octanol–water partition coefficient (Wildman–Crippen LogP) is 2.51. The third kappa shape index (κ3) is 2.20. The molecule has 10 heavy (non-hydrogen) atoms. The van der Waals surface area contributed by atoms with E-state index in [2.05, 4.69) is 6.92 Å². The van der Waals surface area contributed by atoms with E-state index < -0.39 is 0 Å². The van der Waals surface area contributed by atoms with E-state index in [1.165, 1.54) is 12.2 Å². The van der Waals surface area contributed by atoms with Gasteiger partial charge < -0.3 is 4.79 Å². The summed E-state index contributed by atoms with van der Waals surface area (Å²) in [5.74, 6) is 1.25. The van der Waals surface area contributed by atoms with Gasteiger partial charge in [-0.3, -0.25) is 0 Å². The Balaban J connectivity index is 2.28. The lowest BCUT2D eigenvalue weighted by Crippen LogP contribution is -2.15. The van der Waals surface area contributed by atoms with Crippen molar-refractivity contribution < 1.29 is 4.79 Å². The maximum absolute atomic E-state index is 10.1. The Labute approximate surface area is 69.7 Å². The molecule has 1 saturated heterocycles. The van der Waals surface area contributed by atoms with E-state index in [1.54, 1.807) is 0 Å². The molecule has 0 saturated carbocycles. The van der Waals surface area contributed by atoms with Crippen LogP contribution in [0, 0.1) is 0 Å². The van der Waals surface area contributed by atoms with Crippen molar-refractivity contribution in [3.8, 4) is 0 Å². The summed E-state index contributed by atoms with van der Waals surface area (Å²) in [4.78, 5) is 10.1. The molecule has 1 atom stereocenters. The van der Waals surface area contributed by atoms with Crippen LogP contribution in [0.4, 0.5) is 0 Å². The maximum Gasteiger partial charge on any atom is 0.120 e. The van der Waals surface area contributed by atoms with Gasteiger partial charge in [0.1, 0.15) is 6.29 Å². The van der Waals surface area contributed by atoms with Gasteiger partial charge in [0.2, 0.25) is 0 Å². The van der Waals surface area contributed by atoms with Crippen LogP contribution in [-0.4, -0.2) is 16.8 Å². The Morgan fingerprint density at radius 3 is 3.00 bits per heavy atom. The van der Waals surface area contributed by atoms with Crippen molar-refractivity contribution in [2.24, 2.45) is 0 Å². The fraction of sp³-hybridized carbons (Fsp3) is 0.857.